The fourth-order valence-corrected chi connectivity index (χ4v) is 7.30. The predicted octanol–water partition coefficient (Wildman–Crippen LogP) is 7.89. The van der Waals surface area contributed by atoms with E-state index in [1.165, 1.54) is 28.0 Å². The number of aromatic nitrogens is 6. The van der Waals surface area contributed by atoms with E-state index in [0.29, 0.717) is 43.1 Å². The van der Waals surface area contributed by atoms with Crippen LogP contribution >= 0.6 is 0 Å². The van der Waals surface area contributed by atoms with Gasteiger partial charge in [0.25, 0.3) is 5.91 Å². The first-order valence-electron chi connectivity index (χ1n) is 19.9. The first kappa shape index (κ1) is 43.2. The summed E-state index contributed by atoms with van der Waals surface area (Å²) in [5, 5.41) is 14.4. The molecule has 0 saturated heterocycles. The van der Waals surface area contributed by atoms with Gasteiger partial charge in [0, 0.05) is 101 Å². The van der Waals surface area contributed by atoms with Crippen LogP contribution in [0.2, 0.25) is 0 Å². The summed E-state index contributed by atoms with van der Waals surface area (Å²) in [6.45, 7) is 12.9. The molecule has 0 aliphatic heterocycles. The van der Waals surface area contributed by atoms with Crippen LogP contribution in [-0.4, -0.2) is 46.9 Å². The van der Waals surface area contributed by atoms with Crippen LogP contribution in [0.5, 0.6) is 0 Å². The smallest absolute Gasteiger partial charge is 0.335 e. The van der Waals surface area contributed by atoms with Crippen molar-refractivity contribution in [1.82, 2.24) is 35.2 Å². The number of carbonyl (C=O) groups excluding carboxylic acids is 1. The first-order valence-corrected chi connectivity index (χ1v) is 19.9. The van der Waals surface area contributed by atoms with Gasteiger partial charge in [-0.2, -0.15) is 0 Å². The van der Waals surface area contributed by atoms with Crippen LogP contribution in [0.1, 0.15) is 88.0 Å². The van der Waals surface area contributed by atoms with Crippen molar-refractivity contribution in [3.05, 3.63) is 176 Å². The van der Waals surface area contributed by atoms with Gasteiger partial charge in [0.2, 0.25) is 0 Å². The predicted molar refractivity (Wildman–Crippen MR) is 242 cm³/mol. The molecule has 61 heavy (non-hydrogen) atoms. The highest BCUT2D eigenvalue weighted by Crippen LogP contribution is 2.22. The topological polar surface area (TPSA) is 228 Å². The summed E-state index contributed by atoms with van der Waals surface area (Å²) in [6.07, 6.45) is 8.52. The van der Waals surface area contributed by atoms with Crippen molar-refractivity contribution >= 4 is 45.3 Å². The van der Waals surface area contributed by atoms with Gasteiger partial charge in [-0.15, -0.1) is 0 Å². The van der Waals surface area contributed by atoms with Gasteiger partial charge in [0.05, 0.1) is 5.56 Å². The number of nitrogens with one attached hydrogen (secondary N) is 3. The van der Waals surface area contributed by atoms with E-state index in [1.54, 1.807) is 24.5 Å². The number of benzene rings is 2. The number of hydrogen-bond donors (Lipinski definition) is 7. The number of fused-ring (bicyclic) bond motifs is 2. The molecule has 0 radical (unpaired) electrons. The number of nitrogens with two attached hydrogens (primary N) is 3. The van der Waals surface area contributed by atoms with Gasteiger partial charge in [-0.25, -0.2) is 14.8 Å². The molecule has 6 aromatic heterocycles. The highest BCUT2D eigenvalue weighted by Gasteiger charge is 2.12. The molecule has 0 fully saturated rings. The average Bonchev–Trinajstić information content (AvgIpc) is 3.78. The van der Waals surface area contributed by atoms with Crippen LogP contribution in [0.15, 0.2) is 97.6 Å². The molecule has 13 nitrogen and oxygen atoms in total. The Morgan fingerprint density at radius 3 is 1.57 bits per heavy atom. The molecule has 0 aliphatic carbocycles. The van der Waals surface area contributed by atoms with Crippen LogP contribution in [-0.2, 0) is 25.9 Å². The third-order valence-corrected chi connectivity index (χ3v) is 10.6. The maximum atomic E-state index is 12.7. The number of amides is 1. The third kappa shape index (κ3) is 10.8. The lowest BCUT2D eigenvalue weighted by atomic mass is 10.0. The normalized spacial score (nSPS) is 10.8. The fraction of sp³-hybridized carbons (Fsp3) is 0.208. The van der Waals surface area contributed by atoms with Crippen molar-refractivity contribution in [1.29, 1.82) is 0 Å². The van der Waals surface area contributed by atoms with Crippen molar-refractivity contribution in [3.63, 3.8) is 0 Å². The van der Waals surface area contributed by atoms with E-state index in [0.717, 1.165) is 67.2 Å². The van der Waals surface area contributed by atoms with Crippen molar-refractivity contribution in [3.8, 4) is 0 Å². The van der Waals surface area contributed by atoms with E-state index >= 15 is 0 Å². The number of aryl methyl sites for hydroxylation is 6. The minimum absolute atomic E-state index is 0.133. The second-order valence-corrected chi connectivity index (χ2v) is 15.2. The summed E-state index contributed by atoms with van der Waals surface area (Å²) in [5.74, 6) is 0.000796. The van der Waals surface area contributed by atoms with Crippen molar-refractivity contribution < 1.29 is 14.7 Å². The lowest BCUT2D eigenvalue weighted by Gasteiger charge is -2.12. The second kappa shape index (κ2) is 19.1. The summed E-state index contributed by atoms with van der Waals surface area (Å²) in [6, 6.07) is 22.9. The zero-order chi connectivity index (χ0) is 43.8. The van der Waals surface area contributed by atoms with Gasteiger partial charge in [-0.3, -0.25) is 14.8 Å². The van der Waals surface area contributed by atoms with Gasteiger partial charge in [0.15, 0.2) is 0 Å². The molecule has 0 aliphatic rings. The fourth-order valence-electron chi connectivity index (χ4n) is 7.30. The monoisotopic (exact) mass is 816 g/mol. The third-order valence-electron chi connectivity index (χ3n) is 10.6. The van der Waals surface area contributed by atoms with E-state index < -0.39 is 5.97 Å². The maximum Gasteiger partial charge on any atom is 0.335 e. The Morgan fingerprint density at radius 1 is 0.623 bits per heavy atom. The molecule has 0 bridgehead atoms. The summed E-state index contributed by atoms with van der Waals surface area (Å²) in [5.41, 5.74) is 32.3. The number of carbonyl (C=O) groups is 2. The standard InChI is InChI=1S/C24H25N5O.C16H14N2O2.C8H13N3/c1-14-8-23(25)29-16(3)21(14)13-28-24(30)18-6-7-26-19(11-18)9-17-4-5-22-20(10-17)15(2)12-27-22;1-10-9-18-15-3-2-11(7-14(10)15)6-13-8-12(16(19)20)4-5-17-13;1-5-3-8(10)11-6(2)7(5)4-9/h4-8,10-12,27H,9,13H2,1-3H3,(H2,25,29)(H,28,30);2-5,7-9,18H,6H2,1H3,(H,19,20);3H,4,9H2,1-2H3,(H2,10,11). The average molecular weight is 817 g/mol. The largest absolute Gasteiger partial charge is 0.478 e. The molecule has 1 amide bonds. The minimum Gasteiger partial charge on any atom is -0.478 e. The van der Waals surface area contributed by atoms with Gasteiger partial charge in [0.1, 0.15) is 11.6 Å². The molecular formula is C48H52N10O3. The molecule has 8 rings (SSSR count). The van der Waals surface area contributed by atoms with Crippen LogP contribution in [0.4, 0.5) is 11.6 Å². The number of hydrogen-bond acceptors (Lipinski definition) is 9. The van der Waals surface area contributed by atoms with Gasteiger partial charge >= 0.3 is 5.97 Å². The number of H-pyrrole nitrogens is 2. The van der Waals surface area contributed by atoms with Crippen molar-refractivity contribution in [2.45, 2.75) is 67.5 Å². The number of carboxylic acid groups (broad SMARTS) is 1. The molecule has 0 unspecified atom stereocenters. The number of nitrogen functional groups attached to an aromatic ring is 2. The molecule has 10 N–H and O–H groups in total. The Bertz CT molecular complexity index is 2810. The number of aromatic amines is 2. The maximum absolute atomic E-state index is 12.7. The van der Waals surface area contributed by atoms with Crippen LogP contribution < -0.4 is 22.5 Å². The summed E-state index contributed by atoms with van der Waals surface area (Å²) < 4.78 is 0. The van der Waals surface area contributed by atoms with E-state index in [4.69, 9.17) is 22.3 Å². The van der Waals surface area contributed by atoms with Crippen molar-refractivity contribution in [2.24, 2.45) is 5.73 Å². The SMILES string of the molecule is Cc1c[nH]c2ccc(Cc3cc(C(=O)O)ccn3)cc12.Cc1cc(N)nc(C)c1CN.Cc1cc(N)nc(C)c1CNC(=O)c1ccnc(Cc2ccc3[nH]cc(C)c3c2)c1. The number of nitrogens with zero attached hydrogens (tertiary/aromatic N) is 4. The highest BCUT2D eigenvalue weighted by atomic mass is 16.4. The zero-order valence-electron chi connectivity index (χ0n) is 35.4. The number of anilines is 2. The summed E-state index contributed by atoms with van der Waals surface area (Å²) in [4.78, 5) is 47.2. The molecule has 8 aromatic rings. The molecule has 2 aromatic carbocycles. The van der Waals surface area contributed by atoms with E-state index in [9.17, 15) is 9.59 Å². The Hall–Kier alpha value is -7.38. The number of carboxylic acids is 1. The van der Waals surface area contributed by atoms with E-state index in [-0.39, 0.29) is 11.5 Å². The molecule has 6 heterocycles. The van der Waals surface area contributed by atoms with Crippen LogP contribution in [0.3, 0.4) is 0 Å². The summed E-state index contributed by atoms with van der Waals surface area (Å²) >= 11 is 0. The Balaban J connectivity index is 0.000000172. The number of rotatable bonds is 9. The number of aromatic carboxylic acids is 1. The first-order chi connectivity index (χ1) is 29.2. The molecular weight excluding hydrogens is 765 g/mol. The Morgan fingerprint density at radius 2 is 1.10 bits per heavy atom. The molecule has 312 valence electrons. The van der Waals surface area contributed by atoms with Crippen LogP contribution in [0, 0.1) is 41.5 Å². The number of pyridine rings is 4. The molecule has 0 saturated carbocycles. The van der Waals surface area contributed by atoms with Gasteiger partial charge in [-0.05, 0) is 147 Å². The van der Waals surface area contributed by atoms with E-state index in [2.05, 4.69) is 73.3 Å². The van der Waals surface area contributed by atoms with Gasteiger partial charge in [-0.1, -0.05) is 12.1 Å². The highest BCUT2D eigenvalue weighted by molar-refractivity contribution is 5.94. The molecule has 0 atom stereocenters. The van der Waals surface area contributed by atoms with Crippen molar-refractivity contribution in [2.75, 3.05) is 11.5 Å². The quantitative estimate of drug-likeness (QED) is 0.0745. The molecule has 0 spiro atoms. The van der Waals surface area contributed by atoms with E-state index in [1.807, 2.05) is 70.4 Å². The second-order valence-electron chi connectivity index (χ2n) is 15.2. The molecule has 13 heteroatoms. The summed E-state index contributed by atoms with van der Waals surface area (Å²) in [7, 11) is 0. The van der Waals surface area contributed by atoms with Gasteiger partial charge < -0.3 is 37.6 Å². The zero-order valence-corrected chi connectivity index (χ0v) is 35.4. The lowest BCUT2D eigenvalue weighted by Crippen LogP contribution is -2.24. The Labute approximate surface area is 354 Å². The Kier molecular flexibility index (Phi) is 13.5. The van der Waals surface area contributed by atoms with Crippen LogP contribution in [0.25, 0.3) is 21.8 Å². The lowest BCUT2D eigenvalue weighted by molar-refractivity contribution is 0.0696. The minimum atomic E-state index is -0.925.